The minimum Gasteiger partial charge on any atom is -0.494 e. The molecule has 0 radical (unpaired) electrons. The van der Waals surface area contributed by atoms with Crippen LogP contribution in [0.25, 0.3) is 6.08 Å². The second-order valence-corrected chi connectivity index (χ2v) is 11.3. The Balaban J connectivity index is 0.000000268. The molecule has 12 heteroatoms. The summed E-state index contributed by atoms with van der Waals surface area (Å²) >= 11 is 0. The number of fused-ring (bicyclic) bond motifs is 2. The second kappa shape index (κ2) is 16.9. The number of benzene rings is 1. The molecular formula is C34H49FN6O5. The Morgan fingerprint density at radius 2 is 1.85 bits per heavy atom. The van der Waals surface area contributed by atoms with Gasteiger partial charge in [0.1, 0.15) is 17.3 Å². The van der Waals surface area contributed by atoms with Gasteiger partial charge in [0.05, 0.1) is 12.7 Å². The fourth-order valence-electron chi connectivity index (χ4n) is 5.79. The summed E-state index contributed by atoms with van der Waals surface area (Å²) < 4.78 is 24.2. The number of nitrogens with one attached hydrogen (secondary N) is 2. The summed E-state index contributed by atoms with van der Waals surface area (Å²) in [6.07, 6.45) is 8.29. The lowest BCUT2D eigenvalue weighted by atomic mass is 10.0. The van der Waals surface area contributed by atoms with Crippen molar-refractivity contribution >= 4 is 35.4 Å². The minimum atomic E-state index is -0.795. The first-order valence-corrected chi connectivity index (χ1v) is 16.1. The van der Waals surface area contributed by atoms with E-state index in [1.165, 1.54) is 31.3 Å². The van der Waals surface area contributed by atoms with Crippen LogP contribution in [0.4, 0.5) is 14.9 Å². The molecular weight excluding hydrogens is 591 g/mol. The summed E-state index contributed by atoms with van der Waals surface area (Å²) in [5, 5.41) is 4.80. The highest BCUT2D eigenvalue weighted by atomic mass is 19.1. The number of urea groups is 1. The van der Waals surface area contributed by atoms with Crippen molar-refractivity contribution in [1.29, 1.82) is 0 Å². The smallest absolute Gasteiger partial charge is 0.322 e. The number of imide groups is 1. The zero-order valence-corrected chi connectivity index (χ0v) is 28.4. The van der Waals surface area contributed by atoms with E-state index in [1.807, 2.05) is 39.8 Å². The Bertz CT molecular complexity index is 1440. The van der Waals surface area contributed by atoms with Gasteiger partial charge in [-0.15, -0.1) is 0 Å². The Labute approximate surface area is 271 Å². The fourth-order valence-corrected chi connectivity index (χ4v) is 5.79. The molecule has 4 aliphatic rings. The summed E-state index contributed by atoms with van der Waals surface area (Å²) in [5.41, 5.74) is 1.57. The van der Waals surface area contributed by atoms with Crippen LogP contribution >= 0.6 is 0 Å². The first kappa shape index (κ1) is 36.3. The van der Waals surface area contributed by atoms with E-state index in [-0.39, 0.29) is 17.2 Å². The third-order valence-electron chi connectivity index (χ3n) is 7.85. The third-order valence-corrected chi connectivity index (χ3v) is 7.85. The molecule has 4 aliphatic heterocycles. The molecule has 5 heterocycles. The number of ether oxygens (including phenoxy) is 1. The van der Waals surface area contributed by atoms with Crippen molar-refractivity contribution in [3.05, 3.63) is 52.7 Å². The number of methoxy groups -OCH3 is 1. The van der Waals surface area contributed by atoms with Crippen LogP contribution in [0.1, 0.15) is 86.9 Å². The monoisotopic (exact) mass is 640 g/mol. The number of carbonyl (C=O) groups is 3. The van der Waals surface area contributed by atoms with Crippen molar-refractivity contribution in [2.24, 2.45) is 10.9 Å². The molecule has 0 aliphatic carbocycles. The van der Waals surface area contributed by atoms with E-state index in [4.69, 9.17) is 14.1 Å². The first-order valence-electron chi connectivity index (χ1n) is 16.1. The number of amides is 4. The number of aliphatic imine (C=N–C) groups is 1. The molecule has 2 saturated heterocycles. The van der Waals surface area contributed by atoms with Gasteiger partial charge in [-0.3, -0.25) is 14.9 Å². The van der Waals surface area contributed by atoms with Crippen molar-refractivity contribution in [1.82, 2.24) is 25.3 Å². The van der Waals surface area contributed by atoms with Crippen molar-refractivity contribution < 1.29 is 27.9 Å². The summed E-state index contributed by atoms with van der Waals surface area (Å²) in [7, 11) is 7.30. The van der Waals surface area contributed by atoms with E-state index in [2.05, 4.69) is 34.5 Å². The zero-order valence-electron chi connectivity index (χ0n) is 28.4. The fraction of sp³-hybridized carbons (Fsp3) is 0.529. The number of carbonyl (C=O) groups excluding carboxylic acids is 3. The van der Waals surface area contributed by atoms with Crippen LogP contribution < -0.4 is 15.4 Å². The van der Waals surface area contributed by atoms with E-state index in [9.17, 15) is 18.8 Å². The quantitative estimate of drug-likeness (QED) is 0.409. The van der Waals surface area contributed by atoms with Gasteiger partial charge in [0.25, 0.3) is 11.8 Å². The molecule has 46 heavy (non-hydrogen) atoms. The summed E-state index contributed by atoms with van der Waals surface area (Å²) in [4.78, 5) is 45.8. The van der Waals surface area contributed by atoms with E-state index in [0.29, 0.717) is 23.8 Å². The number of furan rings is 1. The van der Waals surface area contributed by atoms with Crippen LogP contribution in [-0.4, -0.2) is 86.3 Å². The Hall–Kier alpha value is -4.19. The number of hydrogen-bond acceptors (Lipinski definition) is 8. The van der Waals surface area contributed by atoms with Crippen molar-refractivity contribution in [3.63, 3.8) is 0 Å². The average Bonchev–Trinajstić information content (AvgIpc) is 3.56. The van der Waals surface area contributed by atoms with Gasteiger partial charge in [0, 0.05) is 45.7 Å². The second-order valence-electron chi connectivity index (χ2n) is 11.3. The molecule has 2 atom stereocenters. The van der Waals surface area contributed by atoms with Gasteiger partial charge in [-0.25, -0.2) is 14.2 Å². The van der Waals surface area contributed by atoms with Crippen molar-refractivity contribution in [2.75, 3.05) is 47.9 Å². The molecule has 11 nitrogen and oxygen atoms in total. The van der Waals surface area contributed by atoms with Gasteiger partial charge in [-0.2, -0.15) is 0 Å². The van der Waals surface area contributed by atoms with Crippen LogP contribution in [0.5, 0.6) is 5.75 Å². The number of halogens is 1. The van der Waals surface area contributed by atoms with Gasteiger partial charge in [0.15, 0.2) is 23.4 Å². The van der Waals surface area contributed by atoms with E-state index >= 15 is 0 Å². The lowest BCUT2D eigenvalue weighted by Crippen LogP contribution is -2.32. The maximum atomic E-state index is 13.6. The number of amidine groups is 1. The highest BCUT2D eigenvalue weighted by Gasteiger charge is 2.34. The van der Waals surface area contributed by atoms with Crippen LogP contribution in [-0.2, 0) is 11.3 Å². The highest BCUT2D eigenvalue weighted by molar-refractivity contribution is 6.04. The predicted octanol–water partition coefficient (Wildman–Crippen LogP) is 5.74. The molecule has 1 aromatic carbocycles. The van der Waals surface area contributed by atoms with E-state index < -0.39 is 23.8 Å². The molecule has 2 fully saturated rings. The van der Waals surface area contributed by atoms with Crippen LogP contribution in [0.3, 0.4) is 0 Å². The van der Waals surface area contributed by atoms with E-state index in [1.54, 1.807) is 25.2 Å². The summed E-state index contributed by atoms with van der Waals surface area (Å²) in [6, 6.07) is 3.72. The molecule has 4 amide bonds. The average molecular weight is 641 g/mol. The molecule has 1 aromatic heterocycles. The predicted molar refractivity (Wildman–Crippen MR) is 178 cm³/mol. The van der Waals surface area contributed by atoms with Crippen molar-refractivity contribution in [2.45, 2.75) is 66.0 Å². The molecule has 252 valence electrons. The lowest BCUT2D eigenvalue weighted by molar-refractivity contribution is -0.120. The van der Waals surface area contributed by atoms with Gasteiger partial charge in [-0.05, 0) is 57.0 Å². The molecule has 0 bridgehead atoms. The van der Waals surface area contributed by atoms with Gasteiger partial charge < -0.3 is 29.2 Å². The van der Waals surface area contributed by atoms with Gasteiger partial charge in [0.2, 0.25) is 0 Å². The van der Waals surface area contributed by atoms with Crippen molar-refractivity contribution in [3.8, 4) is 5.75 Å². The van der Waals surface area contributed by atoms with Gasteiger partial charge >= 0.3 is 6.03 Å². The Morgan fingerprint density at radius 3 is 2.50 bits per heavy atom. The van der Waals surface area contributed by atoms with E-state index in [0.717, 1.165) is 43.4 Å². The maximum absolute atomic E-state index is 13.6. The Kier molecular flexibility index (Phi) is 13.4. The molecule has 2 aromatic rings. The van der Waals surface area contributed by atoms with Crippen LogP contribution in [0.2, 0.25) is 0 Å². The number of rotatable bonds is 4. The number of hydrogen-bond donors (Lipinski definition) is 2. The number of likely N-dealkylation sites (tertiary alicyclic amines) is 1. The van der Waals surface area contributed by atoms with Crippen LogP contribution in [0, 0.1) is 11.7 Å². The normalized spacial score (nSPS) is 20.0. The third kappa shape index (κ3) is 8.54. The zero-order chi connectivity index (χ0) is 34.0. The lowest BCUT2D eigenvalue weighted by Gasteiger charge is -2.24. The molecule has 0 saturated carbocycles. The first-order chi connectivity index (χ1) is 22.1. The molecule has 0 spiro atoms. The highest BCUT2D eigenvalue weighted by Crippen LogP contribution is 2.33. The van der Waals surface area contributed by atoms with Crippen LogP contribution in [0.15, 0.2) is 33.7 Å². The minimum absolute atomic E-state index is 0.118. The molecule has 6 rings (SSSR count). The number of nitrogens with zero attached hydrogens (tertiary/aromatic N) is 4. The summed E-state index contributed by atoms with van der Waals surface area (Å²) in [5.74, 6) is 1.67. The van der Waals surface area contributed by atoms with Gasteiger partial charge in [-0.1, -0.05) is 39.8 Å². The summed E-state index contributed by atoms with van der Waals surface area (Å²) in [6.45, 7) is 11.6. The SMILES string of the molecule is CC.CC.CN(C)CC1CCCN(C2=Nc3cc(C4NC(=O)NC4=O)oc3C=CC2)CC1.COc1ccc2c(c1F)C(=O)N(C)C2. The standard InChI is InChI=1S/C20H27N5O3.C10H10FNO2.2C2H6/c1-24(2)12-13-5-4-9-25(10-8-13)17-7-3-6-15-14(21-17)11-16(28-15)18-19(26)23-20(27)22-18;1-12-5-6-3-4-7(14-2)9(11)8(6)10(12)13;2*1-2/h3,6,11,13,18H,4-5,7-10,12H2,1-2H3,(H2,22,23,26,27);3-4H,5H2,1-2H3;2*1-2H3. The Morgan fingerprint density at radius 1 is 1.11 bits per heavy atom. The maximum Gasteiger partial charge on any atom is 0.322 e. The topological polar surface area (TPSA) is 120 Å². The molecule has 2 unspecified atom stereocenters. The largest absolute Gasteiger partial charge is 0.494 e. The molecule has 2 N–H and O–H groups in total.